The first-order chi connectivity index (χ1) is 9.87. The van der Waals surface area contributed by atoms with E-state index in [2.05, 4.69) is 21.2 Å². The molecule has 0 radical (unpaired) electrons. The summed E-state index contributed by atoms with van der Waals surface area (Å²) in [7, 11) is 1.56. The van der Waals surface area contributed by atoms with Gasteiger partial charge in [-0.2, -0.15) is 13.2 Å². The summed E-state index contributed by atoms with van der Waals surface area (Å²) in [5.41, 5.74) is 0.839. The first-order valence-electron chi connectivity index (χ1n) is 6.58. The Bertz CT molecular complexity index is 441. The SMILES string of the molecule is CCCNC(COCC(F)(F)F)c1ccc(OC)cc1Br. The van der Waals surface area contributed by atoms with Gasteiger partial charge in [0, 0.05) is 4.47 Å². The van der Waals surface area contributed by atoms with Gasteiger partial charge < -0.3 is 14.8 Å². The zero-order chi connectivity index (χ0) is 15.9. The fourth-order valence-corrected chi connectivity index (χ4v) is 2.42. The van der Waals surface area contributed by atoms with Crippen LogP contribution in [0.15, 0.2) is 22.7 Å². The summed E-state index contributed by atoms with van der Waals surface area (Å²) in [6.07, 6.45) is -3.43. The molecule has 1 aromatic carbocycles. The maximum atomic E-state index is 12.2. The molecule has 0 aliphatic carbocycles. The second kappa shape index (κ2) is 8.60. The van der Waals surface area contributed by atoms with E-state index in [9.17, 15) is 13.2 Å². The highest BCUT2D eigenvalue weighted by Crippen LogP contribution is 2.28. The van der Waals surface area contributed by atoms with E-state index < -0.39 is 12.8 Å². The summed E-state index contributed by atoms with van der Waals surface area (Å²) in [4.78, 5) is 0. The van der Waals surface area contributed by atoms with Crippen LogP contribution in [0.2, 0.25) is 0 Å². The molecule has 3 nitrogen and oxygen atoms in total. The summed E-state index contributed by atoms with van der Waals surface area (Å²) in [6, 6.07) is 5.05. The topological polar surface area (TPSA) is 30.5 Å². The lowest BCUT2D eigenvalue weighted by atomic mass is 10.1. The minimum atomic E-state index is -4.31. The minimum Gasteiger partial charge on any atom is -0.497 e. The first-order valence-corrected chi connectivity index (χ1v) is 7.38. The van der Waals surface area contributed by atoms with Gasteiger partial charge in [0.25, 0.3) is 0 Å². The molecule has 7 heteroatoms. The third-order valence-electron chi connectivity index (χ3n) is 2.77. The number of rotatable bonds is 8. The molecular formula is C14H19BrF3NO2. The van der Waals surface area contributed by atoms with Gasteiger partial charge in [-0.25, -0.2) is 0 Å². The molecule has 0 bridgehead atoms. The number of nitrogens with one attached hydrogen (secondary N) is 1. The minimum absolute atomic E-state index is 0.0512. The number of hydrogen-bond donors (Lipinski definition) is 1. The number of ether oxygens (including phenoxy) is 2. The van der Waals surface area contributed by atoms with Gasteiger partial charge in [-0.1, -0.05) is 28.9 Å². The van der Waals surface area contributed by atoms with Crippen molar-refractivity contribution in [2.75, 3.05) is 26.9 Å². The third-order valence-corrected chi connectivity index (χ3v) is 3.46. The summed E-state index contributed by atoms with van der Waals surface area (Å²) in [6.45, 7) is 1.39. The molecule has 1 rings (SSSR count). The van der Waals surface area contributed by atoms with Gasteiger partial charge in [0.15, 0.2) is 0 Å². The van der Waals surface area contributed by atoms with Crippen LogP contribution in [0.25, 0.3) is 0 Å². The Kier molecular flexibility index (Phi) is 7.48. The van der Waals surface area contributed by atoms with Crippen LogP contribution in [0.5, 0.6) is 5.75 Å². The van der Waals surface area contributed by atoms with E-state index >= 15 is 0 Å². The van der Waals surface area contributed by atoms with E-state index in [-0.39, 0.29) is 12.6 Å². The van der Waals surface area contributed by atoms with Crippen molar-refractivity contribution >= 4 is 15.9 Å². The van der Waals surface area contributed by atoms with Crippen molar-refractivity contribution in [2.45, 2.75) is 25.6 Å². The summed E-state index contributed by atoms with van der Waals surface area (Å²) in [5, 5.41) is 3.19. The van der Waals surface area contributed by atoms with Crippen molar-refractivity contribution in [3.05, 3.63) is 28.2 Å². The van der Waals surface area contributed by atoms with Crippen molar-refractivity contribution in [1.82, 2.24) is 5.32 Å². The zero-order valence-corrected chi connectivity index (χ0v) is 13.6. The Morgan fingerprint density at radius 3 is 2.57 bits per heavy atom. The molecule has 21 heavy (non-hydrogen) atoms. The fraction of sp³-hybridized carbons (Fsp3) is 0.571. The van der Waals surface area contributed by atoms with Gasteiger partial charge >= 0.3 is 6.18 Å². The lowest BCUT2D eigenvalue weighted by molar-refractivity contribution is -0.175. The number of alkyl halides is 3. The van der Waals surface area contributed by atoms with Crippen LogP contribution in [-0.4, -0.2) is 33.0 Å². The summed E-state index contributed by atoms with van der Waals surface area (Å²) < 4.78 is 47.2. The average molecular weight is 370 g/mol. The van der Waals surface area contributed by atoms with Crippen molar-refractivity contribution in [1.29, 1.82) is 0 Å². The second-order valence-electron chi connectivity index (χ2n) is 4.52. The maximum absolute atomic E-state index is 12.2. The standard InChI is InChI=1S/C14H19BrF3NO2/c1-3-6-19-13(8-21-9-14(16,17)18)11-5-4-10(20-2)7-12(11)15/h4-5,7,13,19H,3,6,8-9H2,1-2H3. The van der Waals surface area contributed by atoms with E-state index in [1.165, 1.54) is 0 Å². The molecule has 0 aliphatic rings. The average Bonchev–Trinajstić information content (AvgIpc) is 2.41. The van der Waals surface area contributed by atoms with Crippen LogP contribution >= 0.6 is 15.9 Å². The van der Waals surface area contributed by atoms with E-state index in [4.69, 9.17) is 9.47 Å². The Hall–Kier alpha value is -0.790. The molecule has 0 fully saturated rings. The van der Waals surface area contributed by atoms with Crippen LogP contribution in [0.1, 0.15) is 24.9 Å². The quantitative estimate of drug-likeness (QED) is 0.748. The molecule has 1 N–H and O–H groups in total. The van der Waals surface area contributed by atoms with Crippen molar-refractivity contribution < 1.29 is 22.6 Å². The predicted octanol–water partition coefficient (Wildman–Crippen LogP) is 4.08. The highest BCUT2D eigenvalue weighted by atomic mass is 79.9. The number of hydrogen-bond acceptors (Lipinski definition) is 3. The highest BCUT2D eigenvalue weighted by Gasteiger charge is 2.28. The molecule has 1 aromatic rings. The van der Waals surface area contributed by atoms with Gasteiger partial charge in [-0.05, 0) is 30.7 Å². The fourth-order valence-electron chi connectivity index (χ4n) is 1.79. The van der Waals surface area contributed by atoms with Gasteiger partial charge in [-0.15, -0.1) is 0 Å². The zero-order valence-electron chi connectivity index (χ0n) is 12.0. The van der Waals surface area contributed by atoms with Gasteiger partial charge in [0.2, 0.25) is 0 Å². The molecule has 0 aliphatic heterocycles. The predicted molar refractivity (Wildman–Crippen MR) is 78.6 cm³/mol. The third kappa shape index (κ3) is 6.67. The summed E-state index contributed by atoms with van der Waals surface area (Å²) in [5.74, 6) is 0.677. The van der Waals surface area contributed by atoms with E-state index in [0.717, 1.165) is 16.5 Å². The normalized spacial score (nSPS) is 13.2. The lowest BCUT2D eigenvalue weighted by Gasteiger charge is -2.21. The molecule has 1 atom stereocenters. The molecule has 0 aromatic heterocycles. The molecular weight excluding hydrogens is 351 g/mol. The van der Waals surface area contributed by atoms with Crippen molar-refractivity contribution in [2.24, 2.45) is 0 Å². The molecule has 120 valence electrons. The molecule has 0 amide bonds. The van der Waals surface area contributed by atoms with Gasteiger partial charge in [0.05, 0.1) is 19.8 Å². The van der Waals surface area contributed by atoms with Crippen LogP contribution in [0.3, 0.4) is 0 Å². The summed E-state index contributed by atoms with van der Waals surface area (Å²) >= 11 is 3.41. The number of methoxy groups -OCH3 is 1. The lowest BCUT2D eigenvalue weighted by Crippen LogP contribution is -2.29. The van der Waals surface area contributed by atoms with Crippen molar-refractivity contribution in [3.8, 4) is 5.75 Å². The van der Waals surface area contributed by atoms with Gasteiger partial charge in [0.1, 0.15) is 12.4 Å². The first kappa shape index (κ1) is 18.3. The second-order valence-corrected chi connectivity index (χ2v) is 5.38. The Morgan fingerprint density at radius 2 is 2.05 bits per heavy atom. The molecule has 1 unspecified atom stereocenters. The Labute approximate surface area is 130 Å². The van der Waals surface area contributed by atoms with Crippen molar-refractivity contribution in [3.63, 3.8) is 0 Å². The molecule has 0 saturated carbocycles. The number of benzene rings is 1. The van der Waals surface area contributed by atoms with E-state index in [1.54, 1.807) is 19.2 Å². The van der Waals surface area contributed by atoms with Gasteiger partial charge in [-0.3, -0.25) is 0 Å². The van der Waals surface area contributed by atoms with Crippen LogP contribution in [0.4, 0.5) is 13.2 Å². The highest BCUT2D eigenvalue weighted by molar-refractivity contribution is 9.10. The molecule has 0 heterocycles. The van der Waals surface area contributed by atoms with Crippen LogP contribution < -0.4 is 10.1 Å². The Balaban J connectivity index is 2.76. The smallest absolute Gasteiger partial charge is 0.411 e. The van der Waals surface area contributed by atoms with E-state index in [0.29, 0.717) is 12.3 Å². The number of halogens is 4. The van der Waals surface area contributed by atoms with Crippen LogP contribution in [-0.2, 0) is 4.74 Å². The van der Waals surface area contributed by atoms with Crippen LogP contribution in [0, 0.1) is 0 Å². The molecule has 0 saturated heterocycles. The maximum Gasteiger partial charge on any atom is 0.411 e. The molecule has 0 spiro atoms. The largest absolute Gasteiger partial charge is 0.497 e. The Morgan fingerprint density at radius 1 is 1.33 bits per heavy atom. The monoisotopic (exact) mass is 369 g/mol. The van der Waals surface area contributed by atoms with E-state index in [1.807, 2.05) is 13.0 Å².